The van der Waals surface area contributed by atoms with Gasteiger partial charge in [0.15, 0.2) is 0 Å². The third kappa shape index (κ3) is 3.98. The molecule has 0 bridgehead atoms. The lowest BCUT2D eigenvalue weighted by atomic mass is 10.1. The molecule has 0 aromatic carbocycles. The largest absolute Gasteiger partial charge is 0.347 e. The number of hydrogen-bond acceptors (Lipinski definition) is 5. The Hall–Kier alpha value is -2.57. The highest BCUT2D eigenvalue weighted by molar-refractivity contribution is 5.76. The molecule has 138 valence electrons. The maximum absolute atomic E-state index is 12.6. The van der Waals surface area contributed by atoms with Crippen molar-refractivity contribution in [2.75, 3.05) is 0 Å². The summed E-state index contributed by atoms with van der Waals surface area (Å²) in [5, 5.41) is 0. The van der Waals surface area contributed by atoms with E-state index in [0.717, 1.165) is 29.2 Å². The van der Waals surface area contributed by atoms with Gasteiger partial charge in [0.2, 0.25) is 5.91 Å². The van der Waals surface area contributed by atoms with Gasteiger partial charge in [-0.05, 0) is 25.8 Å². The molecular formula is C19H25N5O2. The third-order valence-electron chi connectivity index (χ3n) is 4.55. The van der Waals surface area contributed by atoms with Crippen molar-refractivity contribution in [2.45, 2.75) is 60.2 Å². The van der Waals surface area contributed by atoms with Gasteiger partial charge < -0.3 is 4.90 Å². The molecule has 0 saturated heterocycles. The Morgan fingerprint density at radius 2 is 2.00 bits per heavy atom. The molecular weight excluding hydrogens is 330 g/mol. The molecule has 0 aliphatic carbocycles. The van der Waals surface area contributed by atoms with Crippen molar-refractivity contribution in [1.29, 1.82) is 0 Å². The fourth-order valence-electron chi connectivity index (χ4n) is 3.25. The van der Waals surface area contributed by atoms with Crippen LogP contribution in [0.5, 0.6) is 0 Å². The number of rotatable bonds is 5. The molecule has 0 N–H and O–H groups in total. The van der Waals surface area contributed by atoms with E-state index in [1.807, 2.05) is 19.2 Å². The lowest BCUT2D eigenvalue weighted by Crippen LogP contribution is -2.30. The molecule has 0 saturated carbocycles. The molecule has 1 aliphatic rings. The van der Waals surface area contributed by atoms with Crippen LogP contribution < -0.4 is 5.69 Å². The van der Waals surface area contributed by atoms with E-state index >= 15 is 0 Å². The first kappa shape index (κ1) is 18.2. The SMILES string of the molecule is Cc1cc(C)n(CCC(=O)N2Cc3cnc(CC(C)C)nc3C2)c(=O)n1. The first-order valence-corrected chi connectivity index (χ1v) is 9.00. The number of amides is 1. The molecule has 0 unspecified atom stereocenters. The highest BCUT2D eigenvalue weighted by atomic mass is 16.2. The average Bonchev–Trinajstić information content (AvgIpc) is 2.96. The van der Waals surface area contributed by atoms with E-state index in [1.54, 1.807) is 16.4 Å². The van der Waals surface area contributed by atoms with Crippen LogP contribution in [-0.4, -0.2) is 30.3 Å². The Morgan fingerprint density at radius 1 is 1.23 bits per heavy atom. The van der Waals surface area contributed by atoms with Gasteiger partial charge in [-0.15, -0.1) is 0 Å². The molecule has 7 nitrogen and oxygen atoms in total. The first-order valence-electron chi connectivity index (χ1n) is 9.00. The normalized spacial score (nSPS) is 13.3. The van der Waals surface area contributed by atoms with Crippen LogP contribution in [0, 0.1) is 19.8 Å². The Labute approximate surface area is 153 Å². The van der Waals surface area contributed by atoms with E-state index in [9.17, 15) is 9.59 Å². The molecule has 2 aromatic rings. The maximum Gasteiger partial charge on any atom is 0.347 e. The summed E-state index contributed by atoms with van der Waals surface area (Å²) < 4.78 is 1.55. The minimum atomic E-state index is -0.302. The van der Waals surface area contributed by atoms with Gasteiger partial charge in [0.05, 0.1) is 12.2 Å². The van der Waals surface area contributed by atoms with Crippen molar-refractivity contribution in [3.05, 3.63) is 51.2 Å². The highest BCUT2D eigenvalue weighted by Crippen LogP contribution is 2.21. The average molecular weight is 355 g/mol. The van der Waals surface area contributed by atoms with Gasteiger partial charge in [0.1, 0.15) is 5.82 Å². The number of carbonyl (C=O) groups excluding carboxylic acids is 1. The van der Waals surface area contributed by atoms with E-state index in [2.05, 4.69) is 28.8 Å². The molecule has 3 heterocycles. The number of aromatic nitrogens is 4. The number of nitrogens with zero attached hydrogens (tertiary/aromatic N) is 5. The van der Waals surface area contributed by atoms with Gasteiger partial charge in [0, 0.05) is 49.1 Å². The molecule has 0 radical (unpaired) electrons. The van der Waals surface area contributed by atoms with Crippen LogP contribution in [0.25, 0.3) is 0 Å². The van der Waals surface area contributed by atoms with Crippen molar-refractivity contribution >= 4 is 5.91 Å². The molecule has 0 fully saturated rings. The smallest absolute Gasteiger partial charge is 0.332 e. The van der Waals surface area contributed by atoms with Gasteiger partial charge in [-0.25, -0.2) is 14.8 Å². The summed E-state index contributed by atoms with van der Waals surface area (Å²) in [4.78, 5) is 39.3. The Bertz CT molecular complexity index is 888. The molecule has 0 spiro atoms. The van der Waals surface area contributed by atoms with Crippen LogP contribution in [-0.2, 0) is 30.8 Å². The molecule has 1 aliphatic heterocycles. The minimum Gasteiger partial charge on any atom is -0.332 e. The second-order valence-corrected chi connectivity index (χ2v) is 7.33. The van der Waals surface area contributed by atoms with Gasteiger partial charge in [-0.1, -0.05) is 13.8 Å². The quantitative estimate of drug-likeness (QED) is 0.817. The standard InChI is InChI=1S/C19H25N5O2/c1-12(2)7-17-20-9-15-10-23(11-16(15)22-17)18(25)5-6-24-14(4)8-13(3)21-19(24)26/h8-9,12H,5-7,10-11H2,1-4H3. The van der Waals surface area contributed by atoms with Crippen molar-refractivity contribution in [3.63, 3.8) is 0 Å². The molecule has 7 heteroatoms. The maximum atomic E-state index is 12.6. The predicted octanol–water partition coefficient (Wildman–Crippen LogP) is 1.78. The molecule has 2 aromatic heterocycles. The summed E-state index contributed by atoms with van der Waals surface area (Å²) in [6.45, 7) is 9.32. The Balaban J connectivity index is 1.64. The summed E-state index contributed by atoms with van der Waals surface area (Å²) in [5.74, 6) is 1.35. The van der Waals surface area contributed by atoms with Crippen molar-refractivity contribution < 1.29 is 4.79 Å². The summed E-state index contributed by atoms with van der Waals surface area (Å²) in [5.41, 5.74) is 3.17. The minimum absolute atomic E-state index is 0.0142. The number of fused-ring (bicyclic) bond motifs is 1. The second kappa shape index (κ2) is 7.35. The van der Waals surface area contributed by atoms with Crippen LogP contribution in [0.15, 0.2) is 17.1 Å². The summed E-state index contributed by atoms with van der Waals surface area (Å²) in [6.07, 6.45) is 2.95. The van der Waals surface area contributed by atoms with Crippen molar-refractivity contribution in [2.24, 2.45) is 5.92 Å². The van der Waals surface area contributed by atoms with Gasteiger partial charge in [-0.2, -0.15) is 4.98 Å². The van der Waals surface area contributed by atoms with Crippen LogP contribution in [0.4, 0.5) is 0 Å². The number of aryl methyl sites for hydroxylation is 2. The van der Waals surface area contributed by atoms with Gasteiger partial charge in [0.25, 0.3) is 0 Å². The first-order chi connectivity index (χ1) is 12.3. The number of carbonyl (C=O) groups is 1. The van der Waals surface area contributed by atoms with Crippen LogP contribution in [0.2, 0.25) is 0 Å². The Morgan fingerprint density at radius 3 is 2.69 bits per heavy atom. The zero-order chi connectivity index (χ0) is 18.8. The monoisotopic (exact) mass is 355 g/mol. The van der Waals surface area contributed by atoms with E-state index in [-0.39, 0.29) is 18.0 Å². The van der Waals surface area contributed by atoms with E-state index < -0.39 is 0 Å². The highest BCUT2D eigenvalue weighted by Gasteiger charge is 2.25. The van der Waals surface area contributed by atoms with Crippen molar-refractivity contribution in [3.8, 4) is 0 Å². The molecule has 3 rings (SSSR count). The third-order valence-corrected chi connectivity index (χ3v) is 4.55. The van der Waals surface area contributed by atoms with Crippen molar-refractivity contribution in [1.82, 2.24) is 24.4 Å². The van der Waals surface area contributed by atoms with Gasteiger partial charge >= 0.3 is 5.69 Å². The second-order valence-electron chi connectivity index (χ2n) is 7.33. The van der Waals surface area contributed by atoms with E-state index in [1.165, 1.54) is 0 Å². The lowest BCUT2D eigenvalue weighted by molar-refractivity contribution is -0.132. The van der Waals surface area contributed by atoms with Crippen LogP contribution >= 0.6 is 0 Å². The lowest BCUT2D eigenvalue weighted by Gasteiger charge is -2.16. The topological polar surface area (TPSA) is 81.0 Å². The van der Waals surface area contributed by atoms with E-state index in [4.69, 9.17) is 0 Å². The summed E-state index contributed by atoms with van der Waals surface area (Å²) in [6, 6.07) is 1.85. The summed E-state index contributed by atoms with van der Waals surface area (Å²) >= 11 is 0. The fraction of sp³-hybridized carbons (Fsp3) is 0.526. The summed E-state index contributed by atoms with van der Waals surface area (Å²) in [7, 11) is 0. The molecule has 1 amide bonds. The van der Waals surface area contributed by atoms with Gasteiger partial charge in [-0.3, -0.25) is 9.36 Å². The molecule has 0 atom stereocenters. The Kier molecular flexibility index (Phi) is 5.15. The van der Waals surface area contributed by atoms with E-state index in [0.29, 0.717) is 31.2 Å². The zero-order valence-corrected chi connectivity index (χ0v) is 15.8. The fourth-order valence-corrected chi connectivity index (χ4v) is 3.25. The molecule has 26 heavy (non-hydrogen) atoms. The van der Waals surface area contributed by atoms with Crippen LogP contribution in [0.3, 0.4) is 0 Å². The predicted molar refractivity (Wildman–Crippen MR) is 97.4 cm³/mol. The van der Waals surface area contributed by atoms with Crippen LogP contribution in [0.1, 0.15) is 48.7 Å². The number of hydrogen-bond donors (Lipinski definition) is 0. The zero-order valence-electron chi connectivity index (χ0n) is 15.8.